The van der Waals surface area contributed by atoms with Crippen molar-refractivity contribution in [3.63, 3.8) is 0 Å². The summed E-state index contributed by atoms with van der Waals surface area (Å²) in [4.78, 5) is 0.0930. The highest BCUT2D eigenvalue weighted by Gasteiger charge is 2.47. The average molecular weight is 382 g/mol. The summed E-state index contributed by atoms with van der Waals surface area (Å²) in [5.41, 5.74) is -1.02. The molecule has 130 valence electrons. The van der Waals surface area contributed by atoms with Crippen LogP contribution in [0.1, 0.15) is 0 Å². The zero-order valence-corrected chi connectivity index (χ0v) is 14.8. The van der Waals surface area contributed by atoms with Gasteiger partial charge in [-0.3, -0.25) is 9.32 Å². The van der Waals surface area contributed by atoms with E-state index in [4.69, 9.17) is 0 Å². The Morgan fingerprint density at radius 2 is 1.48 bits per heavy atom. The zero-order valence-electron chi connectivity index (χ0n) is 13.0. The van der Waals surface area contributed by atoms with E-state index in [-0.39, 0.29) is 4.90 Å². The highest BCUT2D eigenvalue weighted by Crippen LogP contribution is 2.23. The van der Waals surface area contributed by atoms with Crippen molar-refractivity contribution in [2.24, 2.45) is 9.32 Å². The summed E-state index contributed by atoms with van der Waals surface area (Å²) >= 11 is 0. The molecule has 4 nitrogen and oxygen atoms in total. The van der Waals surface area contributed by atoms with Gasteiger partial charge in [-0.1, -0.05) is 42.5 Å². The van der Waals surface area contributed by atoms with E-state index in [1.807, 2.05) is 0 Å². The lowest BCUT2D eigenvalue weighted by molar-refractivity contribution is -0.0561. The first-order chi connectivity index (χ1) is 11.6. The molecule has 0 N–H and O–H groups in total. The highest BCUT2D eigenvalue weighted by atomic mass is 32.2. The molecule has 0 saturated heterocycles. The Balaban J connectivity index is 2.18. The van der Waals surface area contributed by atoms with Crippen LogP contribution in [0.5, 0.6) is 0 Å². The normalized spacial score (nSPS) is 20.6. The van der Waals surface area contributed by atoms with Crippen molar-refractivity contribution in [3.05, 3.63) is 54.6 Å². The molecule has 2 aromatic carbocycles. The molecule has 0 fully saturated rings. The molecule has 0 bridgehead atoms. The molecular weight excluding hydrogens is 369 g/mol. The molecule has 0 saturated carbocycles. The van der Waals surface area contributed by atoms with Gasteiger partial charge in [-0.25, -0.2) is 8.42 Å². The molecule has 9 heteroatoms. The molecule has 1 aliphatic heterocycles. The van der Waals surface area contributed by atoms with E-state index in [0.717, 1.165) is 12.5 Å². The standard InChI is InChI=1S/C16H13F3N2O2SSi/c1-24(22,23)12-7-9-14(10-8-12)25(13-5-3-2-4-6-13)20-11-15(21-25)16(17,18)19/h2-11H,1H3. The Kier molecular flexibility index (Phi) is 4.16. The molecule has 2 aromatic rings. The number of hydrogen-bond acceptors (Lipinski definition) is 4. The van der Waals surface area contributed by atoms with Crippen LogP contribution < -0.4 is 10.4 Å². The van der Waals surface area contributed by atoms with Gasteiger partial charge in [0, 0.05) is 12.5 Å². The lowest BCUT2D eigenvalue weighted by Gasteiger charge is -2.21. The van der Waals surface area contributed by atoms with Crippen LogP contribution in [0.25, 0.3) is 0 Å². The lowest BCUT2D eigenvalue weighted by Crippen LogP contribution is -2.55. The van der Waals surface area contributed by atoms with Crippen LogP contribution in [0.3, 0.4) is 0 Å². The minimum atomic E-state index is -4.58. The molecule has 1 atom stereocenters. The van der Waals surface area contributed by atoms with Crippen LogP contribution in [0, 0.1) is 0 Å². The van der Waals surface area contributed by atoms with E-state index in [9.17, 15) is 21.6 Å². The monoisotopic (exact) mass is 382 g/mol. The Bertz CT molecular complexity index is 955. The van der Waals surface area contributed by atoms with E-state index in [2.05, 4.69) is 9.32 Å². The SMILES string of the molecule is CS(=O)(=O)c1ccc([Si]2(c3ccccc3)N=CC(C(F)(F)F)=N2)cc1. The number of nitrogens with zero attached hydrogens (tertiary/aromatic N) is 2. The fourth-order valence-electron chi connectivity index (χ4n) is 2.57. The molecule has 0 aliphatic carbocycles. The van der Waals surface area contributed by atoms with E-state index < -0.39 is 30.1 Å². The Morgan fingerprint density at radius 1 is 0.920 bits per heavy atom. The predicted octanol–water partition coefficient (Wildman–Crippen LogP) is 1.73. The molecule has 1 aliphatic rings. The van der Waals surface area contributed by atoms with Crippen molar-refractivity contribution in [1.82, 2.24) is 0 Å². The lowest BCUT2D eigenvalue weighted by atomic mass is 10.4. The van der Waals surface area contributed by atoms with E-state index in [1.165, 1.54) is 24.3 Å². The van der Waals surface area contributed by atoms with E-state index in [0.29, 0.717) is 10.4 Å². The maximum absolute atomic E-state index is 13.1. The Labute approximate surface area is 143 Å². The summed E-state index contributed by atoms with van der Waals surface area (Å²) in [6, 6.07) is 14.3. The van der Waals surface area contributed by atoms with Crippen molar-refractivity contribution in [2.75, 3.05) is 6.26 Å². The van der Waals surface area contributed by atoms with Crippen LogP contribution in [0.15, 0.2) is 68.8 Å². The van der Waals surface area contributed by atoms with Gasteiger partial charge in [-0.05, 0) is 22.5 Å². The fourth-order valence-corrected chi connectivity index (χ4v) is 6.28. The number of rotatable bonds is 3. The second-order valence-electron chi connectivity index (χ2n) is 5.59. The number of alkyl halides is 3. The van der Waals surface area contributed by atoms with Crippen molar-refractivity contribution >= 4 is 40.5 Å². The summed E-state index contributed by atoms with van der Waals surface area (Å²) < 4.78 is 70.6. The van der Waals surface area contributed by atoms with Gasteiger partial charge in [0.15, 0.2) is 9.84 Å². The summed E-state index contributed by atoms with van der Waals surface area (Å²) in [7, 11) is -6.80. The largest absolute Gasteiger partial charge is 0.433 e. The predicted molar refractivity (Wildman–Crippen MR) is 93.0 cm³/mol. The minimum absolute atomic E-state index is 0.0930. The van der Waals surface area contributed by atoms with Crippen LogP contribution in [0.2, 0.25) is 0 Å². The number of benzene rings is 2. The van der Waals surface area contributed by atoms with Gasteiger partial charge in [0.1, 0.15) is 5.71 Å². The van der Waals surface area contributed by atoms with Gasteiger partial charge < -0.3 is 0 Å². The molecule has 1 heterocycles. The summed E-state index contributed by atoms with van der Waals surface area (Å²) in [5, 5.41) is 1.08. The van der Waals surface area contributed by atoms with Gasteiger partial charge >= 0.3 is 14.6 Å². The van der Waals surface area contributed by atoms with E-state index >= 15 is 0 Å². The summed E-state index contributed by atoms with van der Waals surface area (Å²) in [5.74, 6) is 0. The molecule has 25 heavy (non-hydrogen) atoms. The van der Waals surface area contributed by atoms with Gasteiger partial charge in [-0.15, -0.1) is 0 Å². The summed E-state index contributed by atoms with van der Waals surface area (Å²) in [6.45, 7) is 0. The topological polar surface area (TPSA) is 58.9 Å². The first-order valence-corrected chi connectivity index (χ1v) is 11.0. The second kappa shape index (κ2) is 5.92. The molecule has 3 rings (SSSR count). The Hall–Kier alpha value is -2.26. The van der Waals surface area contributed by atoms with Crippen molar-refractivity contribution < 1.29 is 21.6 Å². The molecule has 0 spiro atoms. The average Bonchev–Trinajstić information content (AvgIpc) is 3.02. The minimum Gasteiger partial charge on any atom is -0.293 e. The van der Waals surface area contributed by atoms with Crippen molar-refractivity contribution in [1.29, 1.82) is 0 Å². The number of sulfone groups is 1. The third-order valence-corrected chi connectivity index (χ3v) is 8.28. The van der Waals surface area contributed by atoms with Crippen LogP contribution in [-0.4, -0.2) is 41.2 Å². The molecule has 0 amide bonds. The highest BCUT2D eigenvalue weighted by molar-refractivity contribution is 7.90. The third-order valence-electron chi connectivity index (χ3n) is 3.81. The van der Waals surface area contributed by atoms with Gasteiger partial charge in [0.05, 0.1) is 4.90 Å². The van der Waals surface area contributed by atoms with Crippen molar-refractivity contribution in [3.8, 4) is 0 Å². The first kappa shape index (κ1) is 17.6. The molecule has 0 aromatic heterocycles. The van der Waals surface area contributed by atoms with Crippen molar-refractivity contribution in [2.45, 2.75) is 11.1 Å². The molecule has 1 unspecified atom stereocenters. The zero-order chi connectivity index (χ0) is 18.3. The van der Waals surface area contributed by atoms with Crippen LogP contribution >= 0.6 is 0 Å². The van der Waals surface area contributed by atoms with Gasteiger partial charge in [0.2, 0.25) is 0 Å². The fraction of sp³-hybridized carbons (Fsp3) is 0.125. The summed E-state index contributed by atoms with van der Waals surface area (Å²) in [6.07, 6.45) is -2.75. The maximum atomic E-state index is 13.1. The Morgan fingerprint density at radius 3 is 1.96 bits per heavy atom. The number of hydrogen-bond donors (Lipinski definition) is 0. The van der Waals surface area contributed by atoms with Crippen LogP contribution in [-0.2, 0) is 9.84 Å². The van der Waals surface area contributed by atoms with Crippen LogP contribution in [0.4, 0.5) is 13.2 Å². The third kappa shape index (κ3) is 3.29. The van der Waals surface area contributed by atoms with Gasteiger partial charge in [-0.2, -0.15) is 13.2 Å². The quantitative estimate of drug-likeness (QED) is 0.760. The van der Waals surface area contributed by atoms with E-state index in [1.54, 1.807) is 30.3 Å². The maximum Gasteiger partial charge on any atom is 0.433 e. The van der Waals surface area contributed by atoms with Gasteiger partial charge in [0.25, 0.3) is 0 Å². The first-order valence-electron chi connectivity index (χ1n) is 7.21. The smallest absolute Gasteiger partial charge is 0.293 e. The number of halogens is 3. The molecule has 0 radical (unpaired) electrons. The second-order valence-corrected chi connectivity index (χ2v) is 10.6. The molecular formula is C16H13F3N2O2SSi.